The first-order valence-corrected chi connectivity index (χ1v) is 7.66. The molecule has 1 aromatic rings. The second-order valence-corrected chi connectivity index (χ2v) is 6.90. The molecule has 1 aliphatic heterocycles. The summed E-state index contributed by atoms with van der Waals surface area (Å²) < 4.78 is 5.37. The Morgan fingerprint density at radius 1 is 1.45 bits per heavy atom. The number of amides is 1. The standard InChI is InChI=1S/C17H26N2O3/c1-6-17(16(2,3)4)12-10-14(22-5)13(18)9-11(12)7-8-19(17)15(20)21/h9-10H,6-8,18H2,1-5H3,(H,20,21). The van der Waals surface area contributed by atoms with Gasteiger partial charge in [0, 0.05) is 6.54 Å². The predicted molar refractivity (Wildman–Crippen MR) is 87.3 cm³/mol. The van der Waals surface area contributed by atoms with Gasteiger partial charge in [-0.05, 0) is 41.5 Å². The molecule has 0 bridgehead atoms. The fourth-order valence-corrected chi connectivity index (χ4v) is 3.96. The van der Waals surface area contributed by atoms with Crippen LogP contribution in [0.5, 0.6) is 5.75 Å². The van der Waals surface area contributed by atoms with Crippen LogP contribution in [0.4, 0.5) is 10.5 Å². The molecule has 122 valence electrons. The summed E-state index contributed by atoms with van der Waals surface area (Å²) in [4.78, 5) is 13.5. The van der Waals surface area contributed by atoms with Crippen molar-refractivity contribution < 1.29 is 14.6 Å². The number of nitrogens with two attached hydrogens (primary N) is 1. The molecule has 1 amide bonds. The number of nitrogens with zero attached hydrogens (tertiary/aromatic N) is 1. The molecule has 2 rings (SSSR count). The van der Waals surface area contributed by atoms with Crippen molar-refractivity contribution in [3.8, 4) is 5.75 Å². The van der Waals surface area contributed by atoms with Crippen LogP contribution in [0.2, 0.25) is 0 Å². The highest BCUT2D eigenvalue weighted by atomic mass is 16.5. The lowest BCUT2D eigenvalue weighted by molar-refractivity contribution is -0.0133. The zero-order valence-electron chi connectivity index (χ0n) is 14.1. The Morgan fingerprint density at radius 2 is 2.09 bits per heavy atom. The zero-order chi connectivity index (χ0) is 16.7. The summed E-state index contributed by atoms with van der Waals surface area (Å²) >= 11 is 0. The first-order valence-electron chi connectivity index (χ1n) is 7.66. The van der Waals surface area contributed by atoms with Gasteiger partial charge in [0.15, 0.2) is 0 Å². The summed E-state index contributed by atoms with van der Waals surface area (Å²) in [5.41, 5.74) is 7.93. The summed E-state index contributed by atoms with van der Waals surface area (Å²) in [6.45, 7) is 8.79. The number of carbonyl (C=O) groups is 1. The number of benzene rings is 1. The van der Waals surface area contributed by atoms with Crippen molar-refractivity contribution in [1.29, 1.82) is 0 Å². The number of rotatable bonds is 2. The molecule has 0 radical (unpaired) electrons. The van der Waals surface area contributed by atoms with Crippen LogP contribution in [-0.2, 0) is 12.0 Å². The van der Waals surface area contributed by atoms with Crippen molar-refractivity contribution in [2.75, 3.05) is 19.4 Å². The van der Waals surface area contributed by atoms with Crippen molar-refractivity contribution in [3.63, 3.8) is 0 Å². The maximum Gasteiger partial charge on any atom is 0.408 e. The molecule has 1 aromatic carbocycles. The second-order valence-electron chi connectivity index (χ2n) is 6.90. The number of ether oxygens (including phenoxy) is 1. The van der Waals surface area contributed by atoms with Gasteiger partial charge in [-0.2, -0.15) is 0 Å². The van der Waals surface area contributed by atoms with Gasteiger partial charge < -0.3 is 15.6 Å². The van der Waals surface area contributed by atoms with Crippen molar-refractivity contribution in [3.05, 3.63) is 23.3 Å². The average Bonchev–Trinajstić information content (AvgIpc) is 2.43. The smallest absolute Gasteiger partial charge is 0.408 e. The van der Waals surface area contributed by atoms with E-state index in [1.807, 2.05) is 19.1 Å². The summed E-state index contributed by atoms with van der Waals surface area (Å²) in [6, 6.07) is 3.86. The maximum atomic E-state index is 11.9. The van der Waals surface area contributed by atoms with E-state index >= 15 is 0 Å². The zero-order valence-corrected chi connectivity index (χ0v) is 14.1. The van der Waals surface area contributed by atoms with Crippen molar-refractivity contribution >= 4 is 11.8 Å². The number of carboxylic acid groups (broad SMARTS) is 1. The SMILES string of the molecule is CCC1(C(C)(C)C)c2cc(OC)c(N)cc2CCN1C(=O)O. The molecular weight excluding hydrogens is 280 g/mol. The Kier molecular flexibility index (Phi) is 4.02. The van der Waals surface area contributed by atoms with E-state index in [4.69, 9.17) is 10.5 Å². The van der Waals surface area contributed by atoms with Crippen molar-refractivity contribution in [2.24, 2.45) is 5.41 Å². The Hall–Kier alpha value is -1.91. The van der Waals surface area contributed by atoms with Gasteiger partial charge in [-0.25, -0.2) is 4.79 Å². The van der Waals surface area contributed by atoms with Crippen LogP contribution in [-0.4, -0.2) is 29.8 Å². The fraction of sp³-hybridized carbons (Fsp3) is 0.588. The van der Waals surface area contributed by atoms with E-state index in [-0.39, 0.29) is 5.41 Å². The van der Waals surface area contributed by atoms with Crippen LogP contribution in [0.3, 0.4) is 0 Å². The molecule has 1 aliphatic rings. The largest absolute Gasteiger partial charge is 0.495 e. The highest BCUT2D eigenvalue weighted by Gasteiger charge is 2.52. The highest BCUT2D eigenvalue weighted by molar-refractivity contribution is 5.69. The quantitative estimate of drug-likeness (QED) is 0.820. The van der Waals surface area contributed by atoms with Gasteiger partial charge in [0.1, 0.15) is 5.75 Å². The van der Waals surface area contributed by atoms with Crippen LogP contribution in [0, 0.1) is 5.41 Å². The summed E-state index contributed by atoms with van der Waals surface area (Å²) in [5, 5.41) is 9.74. The highest BCUT2D eigenvalue weighted by Crippen LogP contribution is 2.51. The molecule has 0 spiro atoms. The Morgan fingerprint density at radius 3 is 2.55 bits per heavy atom. The minimum atomic E-state index is -0.877. The minimum Gasteiger partial charge on any atom is -0.495 e. The van der Waals surface area contributed by atoms with Gasteiger partial charge in [0.05, 0.1) is 18.3 Å². The van der Waals surface area contributed by atoms with Crippen LogP contribution in [0.15, 0.2) is 12.1 Å². The lowest BCUT2D eigenvalue weighted by Crippen LogP contribution is -2.59. The summed E-state index contributed by atoms with van der Waals surface area (Å²) in [6.07, 6.45) is 0.495. The van der Waals surface area contributed by atoms with E-state index < -0.39 is 11.6 Å². The van der Waals surface area contributed by atoms with Crippen LogP contribution in [0.1, 0.15) is 45.2 Å². The summed E-state index contributed by atoms with van der Waals surface area (Å²) in [7, 11) is 1.58. The molecule has 5 heteroatoms. The van der Waals surface area contributed by atoms with E-state index in [9.17, 15) is 9.90 Å². The number of methoxy groups -OCH3 is 1. The first kappa shape index (κ1) is 16.5. The normalized spacial score (nSPS) is 21.4. The van der Waals surface area contributed by atoms with Crippen LogP contribution >= 0.6 is 0 Å². The minimum absolute atomic E-state index is 0.254. The lowest BCUT2D eigenvalue weighted by Gasteiger charge is -2.54. The molecule has 0 saturated heterocycles. The number of fused-ring (bicyclic) bond motifs is 1. The van der Waals surface area contributed by atoms with Gasteiger partial charge in [0.25, 0.3) is 0 Å². The molecule has 1 heterocycles. The third kappa shape index (κ3) is 2.19. The number of hydrogen-bond acceptors (Lipinski definition) is 3. The van der Waals surface area contributed by atoms with Crippen LogP contribution in [0.25, 0.3) is 0 Å². The number of nitrogen functional groups attached to an aromatic ring is 1. The molecule has 1 unspecified atom stereocenters. The Labute approximate surface area is 132 Å². The maximum absolute atomic E-state index is 11.9. The monoisotopic (exact) mass is 306 g/mol. The average molecular weight is 306 g/mol. The molecule has 22 heavy (non-hydrogen) atoms. The fourth-order valence-electron chi connectivity index (χ4n) is 3.96. The molecule has 3 N–H and O–H groups in total. The Bertz CT molecular complexity index is 592. The van der Waals surface area contributed by atoms with Gasteiger partial charge in [-0.15, -0.1) is 0 Å². The van der Waals surface area contributed by atoms with E-state index in [0.29, 0.717) is 30.8 Å². The molecule has 0 fully saturated rings. The molecule has 1 atom stereocenters. The molecule has 0 aliphatic carbocycles. The van der Waals surface area contributed by atoms with E-state index in [1.165, 1.54) is 0 Å². The van der Waals surface area contributed by atoms with Crippen LogP contribution < -0.4 is 10.5 Å². The van der Waals surface area contributed by atoms with E-state index in [2.05, 4.69) is 20.8 Å². The van der Waals surface area contributed by atoms with Crippen molar-refractivity contribution in [2.45, 2.75) is 46.1 Å². The van der Waals surface area contributed by atoms with E-state index in [1.54, 1.807) is 12.0 Å². The second kappa shape index (κ2) is 5.38. The van der Waals surface area contributed by atoms with Gasteiger partial charge >= 0.3 is 6.09 Å². The predicted octanol–water partition coefficient (Wildman–Crippen LogP) is 3.46. The third-order valence-corrected chi connectivity index (χ3v) is 4.95. The molecule has 0 aromatic heterocycles. The van der Waals surface area contributed by atoms with Gasteiger partial charge in [-0.1, -0.05) is 27.7 Å². The van der Waals surface area contributed by atoms with E-state index in [0.717, 1.165) is 11.1 Å². The van der Waals surface area contributed by atoms with Gasteiger partial charge in [0.2, 0.25) is 0 Å². The lowest BCUT2D eigenvalue weighted by atomic mass is 9.63. The molecule has 5 nitrogen and oxygen atoms in total. The third-order valence-electron chi connectivity index (χ3n) is 4.95. The number of hydrogen-bond donors (Lipinski definition) is 2. The molecular formula is C17H26N2O3. The summed E-state index contributed by atoms with van der Waals surface area (Å²) in [5.74, 6) is 0.605. The first-order chi connectivity index (χ1) is 10.2. The van der Waals surface area contributed by atoms with Crippen molar-refractivity contribution in [1.82, 2.24) is 4.90 Å². The number of anilines is 1. The Balaban J connectivity index is 2.79. The topological polar surface area (TPSA) is 75.8 Å². The van der Waals surface area contributed by atoms with Gasteiger partial charge in [-0.3, -0.25) is 4.90 Å². The molecule has 0 saturated carbocycles.